The first-order valence-electron chi connectivity index (χ1n) is 4.21. The van der Waals surface area contributed by atoms with Gasteiger partial charge in [0.25, 0.3) is 9.05 Å². The van der Waals surface area contributed by atoms with Gasteiger partial charge >= 0.3 is 0 Å². The van der Waals surface area contributed by atoms with Crippen molar-refractivity contribution in [2.75, 3.05) is 0 Å². The topological polar surface area (TPSA) is 34.1 Å². The average molecular weight is 273 g/mol. The Kier molecular flexibility index (Phi) is 4.21. The largest absolute Gasteiger partial charge is 0.261 e. The van der Waals surface area contributed by atoms with Crippen LogP contribution >= 0.6 is 10.7 Å². The molecular formula is C9H8ClF3O2S. The zero-order chi connectivity index (χ0) is 12.3. The minimum Gasteiger partial charge on any atom is -0.246 e. The third-order valence-electron chi connectivity index (χ3n) is 2.16. The summed E-state index contributed by atoms with van der Waals surface area (Å²) in [6, 6.07) is 2.06. The molecule has 0 aliphatic rings. The van der Waals surface area contributed by atoms with Gasteiger partial charge in [-0.3, -0.25) is 0 Å². The Bertz CT molecular complexity index is 488. The number of alkyl halides is 3. The first-order valence-corrected chi connectivity index (χ1v) is 6.52. The zero-order valence-electron chi connectivity index (χ0n) is 8.01. The summed E-state index contributed by atoms with van der Waals surface area (Å²) < 4.78 is 59.9. The Morgan fingerprint density at radius 2 is 1.56 bits per heavy atom. The molecule has 0 saturated heterocycles. The lowest BCUT2D eigenvalue weighted by atomic mass is 10.0. The van der Waals surface area contributed by atoms with Gasteiger partial charge in [-0.2, -0.15) is 0 Å². The molecular weight excluding hydrogens is 265 g/mol. The van der Waals surface area contributed by atoms with Crippen molar-refractivity contribution in [3.63, 3.8) is 0 Å². The number of halogens is 4. The SMILES string of the molecule is O=S(=O)(Cl)c1ccc(CF)c(CF)c1CF. The maximum Gasteiger partial charge on any atom is 0.261 e. The van der Waals surface area contributed by atoms with Crippen LogP contribution in [0.2, 0.25) is 0 Å². The van der Waals surface area contributed by atoms with E-state index in [9.17, 15) is 21.6 Å². The van der Waals surface area contributed by atoms with Gasteiger partial charge in [-0.05, 0) is 17.2 Å². The number of benzene rings is 1. The molecule has 0 saturated carbocycles. The minimum atomic E-state index is -4.16. The number of hydrogen-bond acceptors (Lipinski definition) is 2. The molecule has 0 radical (unpaired) electrons. The fraction of sp³-hybridized carbons (Fsp3) is 0.333. The van der Waals surface area contributed by atoms with Crippen LogP contribution in [-0.4, -0.2) is 8.42 Å². The van der Waals surface area contributed by atoms with Crippen molar-refractivity contribution in [3.05, 3.63) is 28.8 Å². The molecule has 1 rings (SSSR count). The molecule has 0 spiro atoms. The van der Waals surface area contributed by atoms with Gasteiger partial charge in [0.05, 0.1) is 4.90 Å². The van der Waals surface area contributed by atoms with Gasteiger partial charge in [-0.15, -0.1) is 0 Å². The van der Waals surface area contributed by atoms with E-state index in [1.165, 1.54) is 0 Å². The van der Waals surface area contributed by atoms with E-state index in [0.29, 0.717) is 0 Å². The average Bonchev–Trinajstić information content (AvgIpc) is 2.25. The van der Waals surface area contributed by atoms with E-state index >= 15 is 0 Å². The molecule has 0 fully saturated rings. The van der Waals surface area contributed by atoms with E-state index < -0.39 is 39.5 Å². The van der Waals surface area contributed by atoms with E-state index in [1.807, 2.05) is 0 Å². The van der Waals surface area contributed by atoms with Crippen molar-refractivity contribution >= 4 is 19.7 Å². The lowest BCUT2D eigenvalue weighted by Gasteiger charge is -2.11. The molecule has 1 aromatic rings. The maximum absolute atomic E-state index is 12.7. The molecule has 0 atom stereocenters. The van der Waals surface area contributed by atoms with Crippen molar-refractivity contribution in [2.24, 2.45) is 0 Å². The highest BCUT2D eigenvalue weighted by atomic mass is 35.7. The quantitative estimate of drug-likeness (QED) is 0.790. The third-order valence-corrected chi connectivity index (χ3v) is 3.57. The maximum atomic E-state index is 12.7. The molecule has 0 heterocycles. The van der Waals surface area contributed by atoms with Crippen molar-refractivity contribution in [2.45, 2.75) is 24.9 Å². The van der Waals surface area contributed by atoms with Crippen molar-refractivity contribution in [3.8, 4) is 0 Å². The molecule has 0 aromatic heterocycles. The van der Waals surface area contributed by atoms with Crippen LogP contribution in [0, 0.1) is 0 Å². The Morgan fingerprint density at radius 1 is 1.00 bits per heavy atom. The predicted molar refractivity (Wildman–Crippen MR) is 53.9 cm³/mol. The second-order valence-corrected chi connectivity index (χ2v) is 5.55. The highest BCUT2D eigenvalue weighted by molar-refractivity contribution is 8.13. The molecule has 1 aromatic carbocycles. The summed E-state index contributed by atoms with van der Waals surface area (Å²) in [4.78, 5) is -0.512. The summed E-state index contributed by atoms with van der Waals surface area (Å²) in [5, 5.41) is 0. The van der Waals surface area contributed by atoms with Crippen LogP contribution in [-0.2, 0) is 29.1 Å². The van der Waals surface area contributed by atoms with Gasteiger partial charge in [0.2, 0.25) is 0 Å². The lowest BCUT2D eigenvalue weighted by Crippen LogP contribution is -2.04. The van der Waals surface area contributed by atoms with Crippen LogP contribution in [0.1, 0.15) is 16.7 Å². The molecule has 0 bridgehead atoms. The number of rotatable bonds is 4. The first kappa shape index (κ1) is 13.3. The minimum absolute atomic E-state index is 0.0702. The van der Waals surface area contributed by atoms with Crippen LogP contribution < -0.4 is 0 Å². The Balaban J connectivity index is 3.56. The van der Waals surface area contributed by atoms with Crippen LogP contribution in [0.15, 0.2) is 17.0 Å². The van der Waals surface area contributed by atoms with Crippen LogP contribution in [0.4, 0.5) is 13.2 Å². The van der Waals surface area contributed by atoms with Crippen LogP contribution in [0.5, 0.6) is 0 Å². The standard InChI is InChI=1S/C9H8ClF3O2S/c10-16(14,15)9-2-1-6(3-11)7(4-12)8(9)5-13/h1-2H,3-5H2. The summed E-state index contributed by atoms with van der Waals surface area (Å²) in [7, 11) is 0.896. The Hall–Kier alpha value is -0.750. The van der Waals surface area contributed by atoms with E-state index in [-0.39, 0.29) is 11.1 Å². The predicted octanol–water partition coefficient (Wildman–Crippen LogP) is 3.02. The Labute approximate surface area is 95.5 Å². The monoisotopic (exact) mass is 272 g/mol. The lowest BCUT2D eigenvalue weighted by molar-refractivity contribution is 0.432. The first-order chi connectivity index (χ1) is 7.45. The third kappa shape index (κ3) is 2.49. The van der Waals surface area contributed by atoms with Crippen molar-refractivity contribution in [1.82, 2.24) is 0 Å². The molecule has 16 heavy (non-hydrogen) atoms. The van der Waals surface area contributed by atoms with E-state index in [2.05, 4.69) is 0 Å². The molecule has 0 N–H and O–H groups in total. The molecule has 90 valence electrons. The zero-order valence-corrected chi connectivity index (χ0v) is 9.59. The second kappa shape index (κ2) is 5.05. The second-order valence-electron chi connectivity index (χ2n) is 3.02. The van der Waals surface area contributed by atoms with Crippen molar-refractivity contribution in [1.29, 1.82) is 0 Å². The molecule has 2 nitrogen and oxygen atoms in total. The van der Waals surface area contributed by atoms with E-state index in [4.69, 9.17) is 10.7 Å². The van der Waals surface area contributed by atoms with Crippen LogP contribution in [0.3, 0.4) is 0 Å². The van der Waals surface area contributed by atoms with Gasteiger partial charge in [0.15, 0.2) is 0 Å². The fourth-order valence-corrected chi connectivity index (χ4v) is 2.52. The fourth-order valence-electron chi connectivity index (χ4n) is 1.39. The summed E-state index contributed by atoms with van der Waals surface area (Å²) >= 11 is 0. The molecule has 0 aliphatic carbocycles. The summed E-state index contributed by atoms with van der Waals surface area (Å²) in [5.41, 5.74) is -0.765. The summed E-state index contributed by atoms with van der Waals surface area (Å²) in [6.07, 6.45) is 0. The van der Waals surface area contributed by atoms with Crippen molar-refractivity contribution < 1.29 is 21.6 Å². The van der Waals surface area contributed by atoms with Gasteiger partial charge in [-0.1, -0.05) is 6.07 Å². The summed E-state index contributed by atoms with van der Waals surface area (Å²) in [5.74, 6) is 0. The van der Waals surface area contributed by atoms with Crippen LogP contribution in [0.25, 0.3) is 0 Å². The highest BCUT2D eigenvalue weighted by Crippen LogP contribution is 2.28. The van der Waals surface area contributed by atoms with E-state index in [1.54, 1.807) is 0 Å². The molecule has 7 heteroatoms. The highest BCUT2D eigenvalue weighted by Gasteiger charge is 2.20. The summed E-state index contributed by atoms with van der Waals surface area (Å²) in [6.45, 7) is -3.35. The molecule has 0 amide bonds. The van der Waals surface area contributed by atoms with Gasteiger partial charge in [0, 0.05) is 16.2 Å². The Morgan fingerprint density at radius 3 is 1.94 bits per heavy atom. The van der Waals surface area contributed by atoms with Gasteiger partial charge in [0.1, 0.15) is 20.0 Å². The normalized spacial score (nSPS) is 11.8. The molecule has 0 aliphatic heterocycles. The number of hydrogen-bond donors (Lipinski definition) is 0. The van der Waals surface area contributed by atoms with Gasteiger partial charge < -0.3 is 0 Å². The smallest absolute Gasteiger partial charge is 0.246 e. The van der Waals surface area contributed by atoms with Gasteiger partial charge in [-0.25, -0.2) is 21.6 Å². The van der Waals surface area contributed by atoms with E-state index in [0.717, 1.165) is 12.1 Å². The molecule has 0 unspecified atom stereocenters.